The molecule has 148 valence electrons. The Hall–Kier alpha value is -2.08. The van der Waals surface area contributed by atoms with Crippen LogP contribution in [0.5, 0.6) is 0 Å². The first-order valence-electron chi connectivity index (χ1n) is 10.1. The van der Waals surface area contributed by atoms with Crippen LogP contribution in [0.4, 0.5) is 11.4 Å². The number of nitrogens with two attached hydrogens (primary N) is 1. The molecule has 0 spiro atoms. The monoisotopic (exact) mass is 372 g/mol. The van der Waals surface area contributed by atoms with E-state index in [1.807, 2.05) is 25.1 Å². The summed E-state index contributed by atoms with van der Waals surface area (Å²) in [5, 5.41) is 5.78. The molecule has 2 aliphatic rings. The summed E-state index contributed by atoms with van der Waals surface area (Å²) in [6, 6.07) is 7.29. The van der Waals surface area contributed by atoms with Crippen LogP contribution >= 0.6 is 0 Å². The zero-order valence-electron chi connectivity index (χ0n) is 16.5. The lowest BCUT2D eigenvalue weighted by Crippen LogP contribution is -2.55. The molecule has 1 saturated heterocycles. The fourth-order valence-electron chi connectivity index (χ4n) is 4.17. The molecule has 3 rings (SSSR count). The zero-order valence-corrected chi connectivity index (χ0v) is 16.5. The highest BCUT2D eigenvalue weighted by Gasteiger charge is 2.38. The van der Waals surface area contributed by atoms with Crippen molar-refractivity contribution in [3.63, 3.8) is 0 Å². The normalized spacial score (nSPS) is 26.5. The van der Waals surface area contributed by atoms with Gasteiger partial charge in [-0.1, -0.05) is 18.9 Å². The molecule has 2 amide bonds. The second-order valence-corrected chi connectivity index (χ2v) is 8.27. The fraction of sp³-hybridized carbons (Fsp3) is 0.619. The van der Waals surface area contributed by atoms with Gasteiger partial charge in [-0.15, -0.1) is 0 Å². The summed E-state index contributed by atoms with van der Waals surface area (Å²) in [6.07, 6.45) is 6.11. The second-order valence-electron chi connectivity index (χ2n) is 8.27. The van der Waals surface area contributed by atoms with Crippen LogP contribution in [0.3, 0.4) is 0 Å². The van der Waals surface area contributed by atoms with Crippen molar-refractivity contribution in [2.24, 2.45) is 11.7 Å². The van der Waals surface area contributed by atoms with E-state index < -0.39 is 11.6 Å². The molecular formula is C21H32N4O2. The largest absolute Gasteiger partial charge is 0.371 e. The summed E-state index contributed by atoms with van der Waals surface area (Å²) in [4.78, 5) is 27.5. The number of benzene rings is 1. The van der Waals surface area contributed by atoms with E-state index in [2.05, 4.69) is 21.6 Å². The van der Waals surface area contributed by atoms with Crippen molar-refractivity contribution in [2.45, 2.75) is 64.0 Å². The van der Waals surface area contributed by atoms with E-state index in [4.69, 9.17) is 5.73 Å². The van der Waals surface area contributed by atoms with Gasteiger partial charge in [-0.2, -0.15) is 0 Å². The summed E-state index contributed by atoms with van der Waals surface area (Å²) in [6.45, 7) is 5.77. The summed E-state index contributed by atoms with van der Waals surface area (Å²) in [5.74, 6) is -0.565. The predicted molar refractivity (Wildman–Crippen MR) is 109 cm³/mol. The SMILES string of the molecule is CC(NC(=O)C1CCCCC1(C)N)C(=O)Nc1cccc(N2CCCC2)c1. The molecular weight excluding hydrogens is 340 g/mol. The molecule has 0 aromatic heterocycles. The van der Waals surface area contributed by atoms with Gasteiger partial charge in [0.05, 0.1) is 5.92 Å². The Morgan fingerprint density at radius 1 is 1.22 bits per heavy atom. The topological polar surface area (TPSA) is 87.5 Å². The third-order valence-corrected chi connectivity index (χ3v) is 5.91. The van der Waals surface area contributed by atoms with Crippen LogP contribution in [0.25, 0.3) is 0 Å². The molecule has 1 aromatic carbocycles. The Morgan fingerprint density at radius 2 is 1.96 bits per heavy atom. The van der Waals surface area contributed by atoms with Crippen LogP contribution in [0.2, 0.25) is 0 Å². The third-order valence-electron chi connectivity index (χ3n) is 5.91. The first kappa shape index (κ1) is 19.7. The molecule has 0 radical (unpaired) electrons. The summed E-state index contributed by atoms with van der Waals surface area (Å²) in [7, 11) is 0. The van der Waals surface area contributed by atoms with E-state index in [1.54, 1.807) is 6.92 Å². The maximum atomic E-state index is 12.6. The van der Waals surface area contributed by atoms with E-state index in [0.29, 0.717) is 0 Å². The average molecular weight is 373 g/mol. The lowest BCUT2D eigenvalue weighted by atomic mass is 9.74. The predicted octanol–water partition coefficient (Wildman–Crippen LogP) is 2.64. The van der Waals surface area contributed by atoms with Crippen molar-refractivity contribution in [3.05, 3.63) is 24.3 Å². The lowest BCUT2D eigenvalue weighted by molar-refractivity contribution is -0.131. The highest BCUT2D eigenvalue weighted by Crippen LogP contribution is 2.31. The number of amides is 2. The second kappa shape index (κ2) is 8.30. The molecule has 1 aliphatic heterocycles. The van der Waals surface area contributed by atoms with Crippen molar-refractivity contribution in [1.82, 2.24) is 5.32 Å². The van der Waals surface area contributed by atoms with Crippen molar-refractivity contribution in [3.8, 4) is 0 Å². The maximum Gasteiger partial charge on any atom is 0.246 e. The van der Waals surface area contributed by atoms with Crippen LogP contribution in [0.1, 0.15) is 52.4 Å². The molecule has 1 aromatic rings. The summed E-state index contributed by atoms with van der Waals surface area (Å²) in [5.41, 5.74) is 7.70. The molecule has 1 saturated carbocycles. The van der Waals surface area contributed by atoms with Gasteiger partial charge in [0.15, 0.2) is 0 Å². The minimum Gasteiger partial charge on any atom is -0.371 e. The number of nitrogens with one attached hydrogen (secondary N) is 2. The van der Waals surface area contributed by atoms with Crippen molar-refractivity contribution >= 4 is 23.2 Å². The quantitative estimate of drug-likeness (QED) is 0.741. The van der Waals surface area contributed by atoms with E-state index in [9.17, 15) is 9.59 Å². The molecule has 3 unspecified atom stereocenters. The van der Waals surface area contributed by atoms with Crippen molar-refractivity contribution < 1.29 is 9.59 Å². The van der Waals surface area contributed by atoms with Gasteiger partial charge in [0.2, 0.25) is 11.8 Å². The van der Waals surface area contributed by atoms with Gasteiger partial charge in [-0.25, -0.2) is 0 Å². The van der Waals surface area contributed by atoms with Gasteiger partial charge in [0.25, 0.3) is 0 Å². The Morgan fingerprint density at radius 3 is 2.67 bits per heavy atom. The molecule has 1 heterocycles. The molecule has 1 aliphatic carbocycles. The Kier molecular flexibility index (Phi) is 6.05. The molecule has 3 atom stereocenters. The molecule has 0 bridgehead atoms. The van der Waals surface area contributed by atoms with Crippen LogP contribution in [-0.2, 0) is 9.59 Å². The molecule has 4 N–H and O–H groups in total. The minimum absolute atomic E-state index is 0.117. The number of carbonyl (C=O) groups excluding carboxylic acids is 2. The summed E-state index contributed by atoms with van der Waals surface area (Å²) < 4.78 is 0. The third kappa shape index (κ3) is 4.80. The van der Waals surface area contributed by atoms with Gasteiger partial charge < -0.3 is 21.3 Å². The Labute approximate surface area is 161 Å². The number of hydrogen-bond acceptors (Lipinski definition) is 4. The van der Waals surface area contributed by atoms with Crippen molar-refractivity contribution in [2.75, 3.05) is 23.3 Å². The number of nitrogens with zero attached hydrogens (tertiary/aromatic N) is 1. The van der Waals surface area contributed by atoms with Gasteiger partial charge in [0, 0.05) is 30.0 Å². The number of hydrogen-bond donors (Lipinski definition) is 3. The van der Waals surface area contributed by atoms with Crippen LogP contribution in [0.15, 0.2) is 24.3 Å². The first-order chi connectivity index (χ1) is 12.9. The Balaban J connectivity index is 1.57. The van der Waals surface area contributed by atoms with Gasteiger partial charge in [-0.3, -0.25) is 9.59 Å². The smallest absolute Gasteiger partial charge is 0.246 e. The highest BCUT2D eigenvalue weighted by molar-refractivity contribution is 5.97. The van der Waals surface area contributed by atoms with E-state index in [0.717, 1.165) is 50.1 Å². The average Bonchev–Trinajstić information content (AvgIpc) is 3.16. The van der Waals surface area contributed by atoms with Crippen molar-refractivity contribution in [1.29, 1.82) is 0 Å². The molecule has 6 nitrogen and oxygen atoms in total. The first-order valence-corrected chi connectivity index (χ1v) is 10.1. The van der Waals surface area contributed by atoms with Gasteiger partial charge >= 0.3 is 0 Å². The fourth-order valence-corrected chi connectivity index (χ4v) is 4.17. The van der Waals surface area contributed by atoms with E-state index in [1.165, 1.54) is 12.8 Å². The van der Waals surface area contributed by atoms with Gasteiger partial charge in [0.1, 0.15) is 6.04 Å². The summed E-state index contributed by atoms with van der Waals surface area (Å²) >= 11 is 0. The highest BCUT2D eigenvalue weighted by atomic mass is 16.2. The number of carbonyl (C=O) groups is 2. The van der Waals surface area contributed by atoms with Crippen LogP contribution in [-0.4, -0.2) is 36.5 Å². The maximum absolute atomic E-state index is 12.6. The van der Waals surface area contributed by atoms with E-state index >= 15 is 0 Å². The zero-order chi connectivity index (χ0) is 19.4. The van der Waals surface area contributed by atoms with Gasteiger partial charge in [-0.05, 0) is 57.7 Å². The Bertz CT molecular complexity index is 683. The lowest BCUT2D eigenvalue weighted by Gasteiger charge is -2.37. The number of rotatable bonds is 5. The van der Waals surface area contributed by atoms with E-state index in [-0.39, 0.29) is 17.7 Å². The molecule has 6 heteroatoms. The number of anilines is 2. The van der Waals surface area contributed by atoms with Crippen LogP contribution in [0, 0.1) is 5.92 Å². The standard InChI is InChI=1S/C21H32N4O2/c1-15(23-20(27)18-10-3-4-11-21(18,2)22)19(26)24-16-8-7-9-17(14-16)25-12-5-6-13-25/h7-9,14-15,18H,3-6,10-13,22H2,1-2H3,(H,23,27)(H,24,26). The van der Waals surface area contributed by atoms with Crippen LogP contribution < -0.4 is 21.3 Å². The molecule has 2 fully saturated rings. The molecule has 27 heavy (non-hydrogen) atoms. The minimum atomic E-state index is -0.606.